The van der Waals surface area contributed by atoms with E-state index in [2.05, 4.69) is 56.3 Å². The molecule has 1 atom stereocenters. The minimum absolute atomic E-state index is 0.513. The molecule has 0 radical (unpaired) electrons. The van der Waals surface area contributed by atoms with Crippen LogP contribution in [0.3, 0.4) is 0 Å². The lowest BCUT2D eigenvalue weighted by Gasteiger charge is -2.09. The van der Waals surface area contributed by atoms with Gasteiger partial charge in [-0.05, 0) is 31.5 Å². The number of fused-ring (bicyclic) bond motifs is 1. The van der Waals surface area contributed by atoms with E-state index in [0.717, 1.165) is 18.1 Å². The van der Waals surface area contributed by atoms with E-state index in [-0.39, 0.29) is 0 Å². The zero-order valence-corrected chi connectivity index (χ0v) is 12.2. The number of hydrogen-bond acceptors (Lipinski definition) is 2. The Morgan fingerprint density at radius 3 is 2.74 bits per heavy atom. The normalized spacial score (nSPS) is 17.1. The molecule has 2 aromatic carbocycles. The van der Waals surface area contributed by atoms with Crippen LogP contribution in [0, 0.1) is 13.8 Å². The van der Waals surface area contributed by atoms with Crippen molar-refractivity contribution in [2.24, 2.45) is 0 Å². The zero-order chi connectivity index (χ0) is 13.2. The molecular formula is C17H18OS. The van der Waals surface area contributed by atoms with Crippen LogP contribution in [-0.2, 0) is 0 Å². The van der Waals surface area contributed by atoms with Crippen molar-refractivity contribution in [3.8, 4) is 5.75 Å². The molecule has 0 spiro atoms. The SMILES string of the molecule is Cc1cc(C)c2c(c1)[C@@H](CSc1ccccc1)CO2. The van der Waals surface area contributed by atoms with E-state index >= 15 is 0 Å². The molecule has 2 aromatic rings. The predicted molar refractivity (Wildman–Crippen MR) is 81.3 cm³/mol. The molecule has 0 amide bonds. The van der Waals surface area contributed by atoms with Crippen molar-refractivity contribution in [1.29, 1.82) is 0 Å². The van der Waals surface area contributed by atoms with Crippen LogP contribution in [0.5, 0.6) is 5.75 Å². The molecule has 2 heteroatoms. The van der Waals surface area contributed by atoms with Crippen LogP contribution in [0.4, 0.5) is 0 Å². The van der Waals surface area contributed by atoms with Crippen LogP contribution in [0.2, 0.25) is 0 Å². The van der Waals surface area contributed by atoms with Gasteiger partial charge in [-0.3, -0.25) is 0 Å². The summed E-state index contributed by atoms with van der Waals surface area (Å²) in [6.07, 6.45) is 0. The van der Waals surface area contributed by atoms with E-state index < -0.39 is 0 Å². The first-order valence-electron chi connectivity index (χ1n) is 6.66. The van der Waals surface area contributed by atoms with Crippen molar-refractivity contribution in [3.63, 3.8) is 0 Å². The second-order valence-corrected chi connectivity index (χ2v) is 6.23. The van der Waals surface area contributed by atoms with Crippen LogP contribution >= 0.6 is 11.8 Å². The smallest absolute Gasteiger partial charge is 0.125 e. The second kappa shape index (κ2) is 5.30. The van der Waals surface area contributed by atoms with Gasteiger partial charge in [0.15, 0.2) is 0 Å². The fourth-order valence-electron chi connectivity index (χ4n) is 2.61. The highest BCUT2D eigenvalue weighted by molar-refractivity contribution is 7.99. The molecule has 1 aliphatic heterocycles. The third-order valence-corrected chi connectivity index (χ3v) is 4.69. The molecule has 1 aliphatic rings. The first-order valence-corrected chi connectivity index (χ1v) is 7.64. The van der Waals surface area contributed by atoms with Gasteiger partial charge in [0.25, 0.3) is 0 Å². The molecule has 0 unspecified atom stereocenters. The average molecular weight is 270 g/mol. The molecule has 0 fully saturated rings. The number of rotatable bonds is 3. The highest BCUT2D eigenvalue weighted by atomic mass is 32.2. The molecule has 0 aliphatic carbocycles. The molecule has 0 saturated heterocycles. The van der Waals surface area contributed by atoms with Crippen LogP contribution < -0.4 is 4.74 Å². The maximum absolute atomic E-state index is 5.87. The van der Waals surface area contributed by atoms with E-state index in [0.29, 0.717) is 5.92 Å². The van der Waals surface area contributed by atoms with Gasteiger partial charge in [-0.25, -0.2) is 0 Å². The lowest BCUT2D eigenvalue weighted by atomic mass is 9.98. The van der Waals surface area contributed by atoms with E-state index in [4.69, 9.17) is 4.74 Å². The topological polar surface area (TPSA) is 9.23 Å². The Kier molecular flexibility index (Phi) is 3.52. The minimum atomic E-state index is 0.513. The Morgan fingerprint density at radius 1 is 1.16 bits per heavy atom. The number of ether oxygens (including phenoxy) is 1. The van der Waals surface area contributed by atoms with Crippen LogP contribution in [0.15, 0.2) is 47.4 Å². The van der Waals surface area contributed by atoms with Crippen molar-refractivity contribution in [3.05, 3.63) is 59.2 Å². The quantitative estimate of drug-likeness (QED) is 0.755. The van der Waals surface area contributed by atoms with Gasteiger partial charge in [-0.1, -0.05) is 35.9 Å². The molecule has 0 N–H and O–H groups in total. The lowest BCUT2D eigenvalue weighted by molar-refractivity contribution is 0.337. The summed E-state index contributed by atoms with van der Waals surface area (Å²) in [5.74, 6) is 2.71. The van der Waals surface area contributed by atoms with Crippen LogP contribution in [0.1, 0.15) is 22.6 Å². The Hall–Kier alpha value is -1.41. The van der Waals surface area contributed by atoms with Crippen molar-refractivity contribution >= 4 is 11.8 Å². The highest BCUT2D eigenvalue weighted by Crippen LogP contribution is 2.39. The number of aryl methyl sites for hydroxylation is 2. The summed E-state index contributed by atoms with van der Waals surface area (Å²) in [5.41, 5.74) is 3.99. The molecule has 1 nitrogen and oxygen atoms in total. The summed E-state index contributed by atoms with van der Waals surface area (Å²) in [6.45, 7) is 5.12. The minimum Gasteiger partial charge on any atom is -0.492 e. The average Bonchev–Trinajstić information content (AvgIpc) is 2.81. The van der Waals surface area contributed by atoms with E-state index in [1.807, 2.05) is 11.8 Å². The summed E-state index contributed by atoms with van der Waals surface area (Å²) < 4.78 is 5.87. The summed E-state index contributed by atoms with van der Waals surface area (Å²) in [4.78, 5) is 1.33. The standard InChI is InChI=1S/C17H18OS/c1-12-8-13(2)17-16(9-12)14(10-18-17)11-19-15-6-4-3-5-7-15/h3-9,14H,10-11H2,1-2H3/t14-/m1/s1. The third kappa shape index (κ3) is 2.64. The van der Waals surface area contributed by atoms with Crippen molar-refractivity contribution in [2.45, 2.75) is 24.7 Å². The molecule has 3 rings (SSSR count). The van der Waals surface area contributed by atoms with Gasteiger partial charge in [0.1, 0.15) is 5.75 Å². The van der Waals surface area contributed by atoms with Gasteiger partial charge in [-0.2, -0.15) is 0 Å². The van der Waals surface area contributed by atoms with Gasteiger partial charge in [-0.15, -0.1) is 11.8 Å². The molecule has 0 saturated carbocycles. The Bertz CT molecular complexity index is 577. The van der Waals surface area contributed by atoms with E-state index in [9.17, 15) is 0 Å². The lowest BCUT2D eigenvalue weighted by Crippen LogP contribution is -2.03. The Labute approximate surface area is 119 Å². The zero-order valence-electron chi connectivity index (χ0n) is 11.3. The maximum Gasteiger partial charge on any atom is 0.125 e. The van der Waals surface area contributed by atoms with Crippen LogP contribution in [-0.4, -0.2) is 12.4 Å². The second-order valence-electron chi connectivity index (χ2n) is 5.13. The van der Waals surface area contributed by atoms with Gasteiger partial charge < -0.3 is 4.74 Å². The molecule has 19 heavy (non-hydrogen) atoms. The van der Waals surface area contributed by atoms with Gasteiger partial charge in [0.2, 0.25) is 0 Å². The van der Waals surface area contributed by atoms with Crippen molar-refractivity contribution < 1.29 is 4.74 Å². The summed E-state index contributed by atoms with van der Waals surface area (Å²) >= 11 is 1.91. The monoisotopic (exact) mass is 270 g/mol. The highest BCUT2D eigenvalue weighted by Gasteiger charge is 2.25. The molecule has 0 aromatic heterocycles. The number of hydrogen-bond donors (Lipinski definition) is 0. The first kappa shape index (κ1) is 12.6. The number of thioether (sulfide) groups is 1. The Balaban J connectivity index is 1.76. The molecule has 1 heterocycles. The van der Waals surface area contributed by atoms with Gasteiger partial charge in [0, 0.05) is 22.1 Å². The van der Waals surface area contributed by atoms with Gasteiger partial charge >= 0.3 is 0 Å². The van der Waals surface area contributed by atoms with E-state index in [1.165, 1.54) is 21.6 Å². The molecule has 98 valence electrons. The fraction of sp³-hybridized carbons (Fsp3) is 0.294. The van der Waals surface area contributed by atoms with Crippen molar-refractivity contribution in [2.75, 3.05) is 12.4 Å². The maximum atomic E-state index is 5.87. The van der Waals surface area contributed by atoms with Gasteiger partial charge in [0.05, 0.1) is 6.61 Å². The first-order chi connectivity index (χ1) is 9.24. The third-order valence-electron chi connectivity index (χ3n) is 3.51. The summed E-state index contributed by atoms with van der Waals surface area (Å²) in [7, 11) is 0. The summed E-state index contributed by atoms with van der Waals surface area (Å²) in [6, 6.07) is 15.1. The largest absolute Gasteiger partial charge is 0.492 e. The van der Waals surface area contributed by atoms with Crippen LogP contribution in [0.25, 0.3) is 0 Å². The predicted octanol–water partition coefficient (Wildman–Crippen LogP) is 4.57. The van der Waals surface area contributed by atoms with E-state index in [1.54, 1.807) is 0 Å². The molecule has 0 bridgehead atoms. The number of benzene rings is 2. The van der Waals surface area contributed by atoms with Crippen molar-refractivity contribution in [1.82, 2.24) is 0 Å². The fourth-order valence-corrected chi connectivity index (χ4v) is 3.63. The Morgan fingerprint density at radius 2 is 1.95 bits per heavy atom. The summed E-state index contributed by atoms with van der Waals surface area (Å²) in [5, 5.41) is 0. The molecular weight excluding hydrogens is 252 g/mol.